The molecule has 1 rings (SSSR count). The number of nitrogens with one attached hydrogen (secondary N) is 1. The fourth-order valence-corrected chi connectivity index (χ4v) is 2.05. The average Bonchev–Trinajstić information content (AvgIpc) is 1.85. The Balaban J connectivity index is 2.36. The molecule has 66 valence electrons. The van der Waals surface area contributed by atoms with Crippen molar-refractivity contribution in [3.63, 3.8) is 0 Å². The zero-order valence-corrected chi connectivity index (χ0v) is 7.03. The van der Waals surface area contributed by atoms with E-state index in [2.05, 4.69) is 0 Å². The van der Waals surface area contributed by atoms with Crippen LogP contribution in [0.4, 0.5) is 3.89 Å². The monoisotopic (exact) mass is 181 g/mol. The van der Waals surface area contributed by atoms with Crippen molar-refractivity contribution in [1.29, 1.82) is 0 Å². The molecule has 5 heteroatoms. The Hall–Kier alpha value is -0.160. The lowest BCUT2D eigenvalue weighted by Gasteiger charge is -2.20. The van der Waals surface area contributed by atoms with E-state index >= 15 is 0 Å². The quantitative estimate of drug-likeness (QED) is 0.649. The molecule has 0 aromatic heterocycles. The van der Waals surface area contributed by atoms with Crippen molar-refractivity contribution in [2.45, 2.75) is 38.1 Å². The van der Waals surface area contributed by atoms with Crippen molar-refractivity contribution in [2.24, 2.45) is 0 Å². The molecule has 11 heavy (non-hydrogen) atoms. The zero-order chi connectivity index (χ0) is 8.32. The first kappa shape index (κ1) is 8.93. The van der Waals surface area contributed by atoms with Gasteiger partial charge in [0.1, 0.15) is 0 Å². The van der Waals surface area contributed by atoms with Gasteiger partial charge in [0, 0.05) is 6.04 Å². The van der Waals surface area contributed by atoms with Crippen LogP contribution in [0, 0.1) is 0 Å². The first-order chi connectivity index (χ1) is 5.08. The highest BCUT2D eigenvalue weighted by Gasteiger charge is 2.18. The highest BCUT2D eigenvalue weighted by Crippen LogP contribution is 2.17. The van der Waals surface area contributed by atoms with Crippen molar-refractivity contribution in [2.75, 3.05) is 0 Å². The smallest absolute Gasteiger partial charge is 0.185 e. The van der Waals surface area contributed by atoms with E-state index in [0.717, 1.165) is 32.1 Å². The third-order valence-electron chi connectivity index (χ3n) is 1.91. The van der Waals surface area contributed by atoms with Crippen LogP contribution in [0.1, 0.15) is 32.1 Å². The van der Waals surface area contributed by atoms with E-state index in [9.17, 15) is 12.3 Å². The second kappa shape index (κ2) is 3.49. The summed E-state index contributed by atoms with van der Waals surface area (Å²) in [4.78, 5) is 0. The Morgan fingerprint density at radius 2 is 1.73 bits per heavy atom. The maximum Gasteiger partial charge on any atom is 0.372 e. The standard InChI is InChI=1S/C6H12FNO2S/c7-11(9,10)8-6-4-2-1-3-5-6/h6,8H,1-5H2. The summed E-state index contributed by atoms with van der Waals surface area (Å²) in [5.41, 5.74) is 0. The molecule has 1 N–H and O–H groups in total. The van der Waals surface area contributed by atoms with Crippen molar-refractivity contribution in [3.8, 4) is 0 Å². The number of hydrogen-bond acceptors (Lipinski definition) is 2. The third-order valence-corrected chi connectivity index (χ3v) is 2.53. The molecule has 0 radical (unpaired) electrons. The molecule has 0 aliphatic heterocycles. The van der Waals surface area contributed by atoms with Gasteiger partial charge in [-0.3, -0.25) is 0 Å². The van der Waals surface area contributed by atoms with Gasteiger partial charge in [0.15, 0.2) is 0 Å². The van der Waals surface area contributed by atoms with Gasteiger partial charge in [-0.2, -0.15) is 13.1 Å². The van der Waals surface area contributed by atoms with E-state index in [0.29, 0.717) is 0 Å². The lowest BCUT2D eigenvalue weighted by atomic mass is 9.96. The van der Waals surface area contributed by atoms with Crippen LogP contribution in [0.5, 0.6) is 0 Å². The van der Waals surface area contributed by atoms with Gasteiger partial charge in [-0.25, -0.2) is 0 Å². The molecule has 1 aliphatic carbocycles. The maximum absolute atomic E-state index is 12.0. The molecule has 0 atom stereocenters. The van der Waals surface area contributed by atoms with Crippen molar-refractivity contribution in [1.82, 2.24) is 4.72 Å². The van der Waals surface area contributed by atoms with Crippen LogP contribution < -0.4 is 4.72 Å². The van der Waals surface area contributed by atoms with Gasteiger partial charge >= 0.3 is 10.4 Å². The van der Waals surface area contributed by atoms with Crippen LogP contribution in [-0.2, 0) is 10.4 Å². The summed E-state index contributed by atoms with van der Waals surface area (Å²) in [6.07, 6.45) is 4.65. The average molecular weight is 181 g/mol. The number of rotatable bonds is 2. The van der Waals surface area contributed by atoms with Crippen LogP contribution in [0.15, 0.2) is 0 Å². The first-order valence-electron chi connectivity index (χ1n) is 3.80. The van der Waals surface area contributed by atoms with E-state index in [1.807, 2.05) is 4.72 Å². The predicted octanol–water partition coefficient (Wildman–Crippen LogP) is 1.12. The highest BCUT2D eigenvalue weighted by molar-refractivity contribution is 7.84. The fraction of sp³-hybridized carbons (Fsp3) is 1.00. The molecule has 3 nitrogen and oxygen atoms in total. The molecule has 0 heterocycles. The zero-order valence-electron chi connectivity index (χ0n) is 6.22. The van der Waals surface area contributed by atoms with E-state index in [1.54, 1.807) is 0 Å². The number of halogens is 1. The van der Waals surface area contributed by atoms with Crippen LogP contribution in [-0.4, -0.2) is 14.5 Å². The first-order valence-corrected chi connectivity index (χ1v) is 5.18. The van der Waals surface area contributed by atoms with E-state index in [4.69, 9.17) is 0 Å². The SMILES string of the molecule is O=S(=O)(F)NC1CCCCC1. The molecule has 1 fully saturated rings. The second-order valence-corrected chi connectivity index (χ2v) is 4.00. The van der Waals surface area contributed by atoms with Crippen LogP contribution in [0.25, 0.3) is 0 Å². The molecule has 1 aliphatic rings. The Bertz CT molecular complexity index is 209. The molecule has 0 amide bonds. The van der Waals surface area contributed by atoms with Gasteiger partial charge in [0.2, 0.25) is 0 Å². The molecule has 0 bridgehead atoms. The topological polar surface area (TPSA) is 46.2 Å². The molecule has 0 spiro atoms. The Kier molecular flexibility index (Phi) is 2.84. The minimum atomic E-state index is -4.47. The normalized spacial score (nSPS) is 21.9. The van der Waals surface area contributed by atoms with Crippen LogP contribution >= 0.6 is 0 Å². The summed E-state index contributed by atoms with van der Waals surface area (Å²) < 4.78 is 34.2. The molecule has 0 aromatic rings. The largest absolute Gasteiger partial charge is 0.372 e. The Morgan fingerprint density at radius 3 is 2.18 bits per heavy atom. The molecular formula is C6H12FNO2S. The molecule has 0 unspecified atom stereocenters. The van der Waals surface area contributed by atoms with Gasteiger partial charge in [-0.05, 0) is 12.8 Å². The van der Waals surface area contributed by atoms with Crippen molar-refractivity contribution in [3.05, 3.63) is 0 Å². The minimum absolute atomic E-state index is 0.168. The minimum Gasteiger partial charge on any atom is -0.185 e. The summed E-state index contributed by atoms with van der Waals surface area (Å²) in [5, 5.41) is 0. The fourth-order valence-electron chi connectivity index (χ4n) is 1.42. The third kappa shape index (κ3) is 3.67. The highest BCUT2D eigenvalue weighted by atomic mass is 32.3. The summed E-state index contributed by atoms with van der Waals surface area (Å²) in [6, 6.07) is -0.168. The van der Waals surface area contributed by atoms with E-state index in [1.165, 1.54) is 0 Å². The summed E-state index contributed by atoms with van der Waals surface area (Å²) in [7, 11) is -4.47. The van der Waals surface area contributed by atoms with Gasteiger partial charge in [0.25, 0.3) is 0 Å². The van der Waals surface area contributed by atoms with Gasteiger partial charge in [-0.15, -0.1) is 0 Å². The van der Waals surface area contributed by atoms with Gasteiger partial charge < -0.3 is 0 Å². The van der Waals surface area contributed by atoms with E-state index < -0.39 is 10.4 Å². The molecule has 0 saturated heterocycles. The Labute approximate surface area is 66.3 Å². The molecule has 0 aromatic carbocycles. The second-order valence-electron chi connectivity index (χ2n) is 2.89. The van der Waals surface area contributed by atoms with Crippen LogP contribution in [0.2, 0.25) is 0 Å². The lowest BCUT2D eigenvalue weighted by Crippen LogP contribution is -2.33. The van der Waals surface area contributed by atoms with Crippen molar-refractivity contribution < 1.29 is 12.3 Å². The molecule has 1 saturated carbocycles. The van der Waals surface area contributed by atoms with Gasteiger partial charge in [-0.1, -0.05) is 23.1 Å². The maximum atomic E-state index is 12.0. The summed E-state index contributed by atoms with van der Waals surface area (Å²) >= 11 is 0. The van der Waals surface area contributed by atoms with Gasteiger partial charge in [0.05, 0.1) is 0 Å². The number of hydrogen-bond donors (Lipinski definition) is 1. The predicted molar refractivity (Wildman–Crippen MR) is 40.0 cm³/mol. The van der Waals surface area contributed by atoms with E-state index in [-0.39, 0.29) is 6.04 Å². The Morgan fingerprint density at radius 1 is 1.18 bits per heavy atom. The van der Waals surface area contributed by atoms with Crippen molar-refractivity contribution >= 4 is 10.4 Å². The lowest BCUT2D eigenvalue weighted by molar-refractivity contribution is 0.404. The molecular weight excluding hydrogens is 169 g/mol. The summed E-state index contributed by atoms with van der Waals surface area (Å²) in [6.45, 7) is 0. The summed E-state index contributed by atoms with van der Waals surface area (Å²) in [5.74, 6) is 0. The van der Waals surface area contributed by atoms with Crippen LogP contribution in [0.3, 0.4) is 0 Å².